The van der Waals surface area contributed by atoms with Gasteiger partial charge in [-0.3, -0.25) is 9.97 Å². The van der Waals surface area contributed by atoms with Crippen LogP contribution < -0.4 is 32.1 Å². The van der Waals surface area contributed by atoms with Gasteiger partial charge in [0, 0.05) is 10.2 Å². The lowest BCUT2D eigenvalue weighted by molar-refractivity contribution is -0.378. The van der Waals surface area contributed by atoms with Crippen molar-refractivity contribution in [3.05, 3.63) is 25.3 Å². The summed E-state index contributed by atoms with van der Waals surface area (Å²) in [6.07, 6.45) is 1.22. The SMILES string of the molecule is O=C([O-])C(F)(F)F.[Br-].c1n[nH]c[nH+]1.c1n[nH]c[nH+]1. The van der Waals surface area contributed by atoms with Crippen molar-refractivity contribution < 1.29 is 50.0 Å². The summed E-state index contributed by atoms with van der Waals surface area (Å²) >= 11 is 0. The molecule has 2 heterocycles. The number of carboxylic acids is 1. The van der Waals surface area contributed by atoms with E-state index in [0.29, 0.717) is 0 Å². The Kier molecular flexibility index (Phi) is 10.4. The second kappa shape index (κ2) is 10.2. The van der Waals surface area contributed by atoms with E-state index >= 15 is 0 Å². The van der Waals surface area contributed by atoms with Gasteiger partial charge in [0.15, 0.2) is 0 Å². The van der Waals surface area contributed by atoms with Crippen LogP contribution in [0.1, 0.15) is 0 Å². The molecule has 0 aliphatic carbocycles. The number of nitrogens with zero attached hydrogens (tertiary/aromatic N) is 2. The van der Waals surface area contributed by atoms with Gasteiger partial charge in [0.05, 0.1) is 0 Å². The quantitative estimate of drug-likeness (QED) is 0.500. The highest BCUT2D eigenvalue weighted by molar-refractivity contribution is 5.70. The molecule has 2 aromatic rings. The van der Waals surface area contributed by atoms with Gasteiger partial charge < -0.3 is 26.9 Å². The Morgan fingerprint density at radius 1 is 1.11 bits per heavy atom. The predicted molar refractivity (Wildman–Crippen MR) is 41.3 cm³/mol. The molecule has 0 radical (unpaired) electrons. The Morgan fingerprint density at radius 3 is 1.50 bits per heavy atom. The summed E-state index contributed by atoms with van der Waals surface area (Å²) in [5, 5.41) is 21.0. The van der Waals surface area contributed by atoms with Crippen LogP contribution in [0.3, 0.4) is 0 Å². The Labute approximate surface area is 108 Å². The molecule has 0 amide bonds. The van der Waals surface area contributed by atoms with Crippen LogP contribution in [0.2, 0.25) is 0 Å². The highest BCUT2D eigenvalue weighted by atomic mass is 79.9. The lowest BCUT2D eigenvalue weighted by atomic mass is 10.7. The fraction of sp³-hybridized carbons (Fsp3) is 0.167. The molecule has 102 valence electrons. The van der Waals surface area contributed by atoms with Gasteiger partial charge in [-0.15, -0.1) is 10.2 Å². The minimum atomic E-state index is -5.19. The Morgan fingerprint density at radius 2 is 1.44 bits per heavy atom. The number of H-pyrrole nitrogens is 4. The molecule has 2 rings (SSSR count). The lowest BCUT2D eigenvalue weighted by Crippen LogP contribution is -3.00. The average Bonchev–Trinajstić information content (AvgIpc) is 2.96. The average molecular weight is 333 g/mol. The summed E-state index contributed by atoms with van der Waals surface area (Å²) in [4.78, 5) is 14.2. The number of aromatic amines is 4. The number of aliphatic carboxylic acids is 1. The lowest BCUT2D eigenvalue weighted by Gasteiger charge is -2.03. The van der Waals surface area contributed by atoms with E-state index in [2.05, 4.69) is 30.4 Å². The first kappa shape index (κ1) is 18.4. The van der Waals surface area contributed by atoms with Crippen molar-refractivity contribution in [3.8, 4) is 0 Å². The van der Waals surface area contributed by atoms with Gasteiger partial charge in [0.2, 0.25) is 12.7 Å². The summed E-state index contributed by atoms with van der Waals surface area (Å²) in [7, 11) is 0. The molecule has 0 bridgehead atoms. The van der Waals surface area contributed by atoms with E-state index in [0.717, 1.165) is 0 Å². The molecule has 0 spiro atoms. The molecule has 8 nitrogen and oxygen atoms in total. The molecule has 18 heavy (non-hydrogen) atoms. The van der Waals surface area contributed by atoms with Crippen LogP contribution in [0.5, 0.6) is 0 Å². The van der Waals surface area contributed by atoms with Crippen LogP contribution >= 0.6 is 0 Å². The highest BCUT2D eigenvalue weighted by Gasteiger charge is 2.28. The summed E-state index contributed by atoms with van der Waals surface area (Å²) in [5.41, 5.74) is 0. The molecule has 0 saturated heterocycles. The van der Waals surface area contributed by atoms with E-state index in [1.54, 1.807) is 25.3 Å². The number of aromatic nitrogens is 6. The smallest absolute Gasteiger partial charge is 0.430 e. The summed E-state index contributed by atoms with van der Waals surface area (Å²) in [6.45, 7) is 0. The van der Waals surface area contributed by atoms with Crippen LogP contribution in [0, 0.1) is 0 Å². The van der Waals surface area contributed by atoms with Gasteiger partial charge in [-0.2, -0.15) is 13.2 Å². The minimum Gasteiger partial charge on any atom is -1.00 e. The largest absolute Gasteiger partial charge is 1.00 e. The van der Waals surface area contributed by atoms with Gasteiger partial charge >= 0.3 is 6.18 Å². The van der Waals surface area contributed by atoms with Gasteiger partial charge in [0.1, 0.15) is 5.97 Å². The van der Waals surface area contributed by atoms with Crippen LogP contribution in [-0.2, 0) is 4.79 Å². The van der Waals surface area contributed by atoms with E-state index < -0.39 is 12.1 Å². The molecular formula is C6H8BrF3N6O2. The number of alkyl halides is 3. The maximum Gasteiger partial charge on any atom is 0.430 e. The number of carboxylic acid groups (broad SMARTS) is 1. The molecular weight excluding hydrogens is 325 g/mol. The molecule has 2 aromatic heterocycles. The number of carbonyl (C=O) groups is 1. The topological polar surface area (TPSA) is 126 Å². The second-order valence-corrected chi connectivity index (χ2v) is 2.18. The van der Waals surface area contributed by atoms with Crippen molar-refractivity contribution in [2.75, 3.05) is 0 Å². The number of carbonyl (C=O) groups excluding carboxylic acids is 1. The van der Waals surface area contributed by atoms with Crippen molar-refractivity contribution in [2.24, 2.45) is 0 Å². The number of hydrogen-bond donors (Lipinski definition) is 2. The van der Waals surface area contributed by atoms with Crippen LogP contribution in [0.4, 0.5) is 13.2 Å². The maximum absolute atomic E-state index is 10.5. The van der Waals surface area contributed by atoms with Crippen molar-refractivity contribution in [1.82, 2.24) is 20.4 Å². The summed E-state index contributed by atoms with van der Waals surface area (Å²) < 4.78 is 31.5. The van der Waals surface area contributed by atoms with Crippen molar-refractivity contribution >= 4 is 5.97 Å². The van der Waals surface area contributed by atoms with Gasteiger partial charge in [-0.05, 0) is 0 Å². The van der Waals surface area contributed by atoms with E-state index in [1.807, 2.05) is 0 Å². The first-order chi connectivity index (χ1) is 7.94. The second-order valence-electron chi connectivity index (χ2n) is 2.18. The first-order valence-corrected chi connectivity index (χ1v) is 3.92. The Balaban J connectivity index is 0. The third-order valence-corrected chi connectivity index (χ3v) is 0.954. The van der Waals surface area contributed by atoms with E-state index in [-0.39, 0.29) is 17.0 Å². The molecule has 0 atom stereocenters. The zero-order valence-corrected chi connectivity index (χ0v) is 10.1. The minimum absolute atomic E-state index is 0. The molecule has 4 N–H and O–H groups in total. The fourth-order valence-electron chi connectivity index (χ4n) is 0.373. The number of rotatable bonds is 0. The Hall–Kier alpha value is -1.98. The number of hydrogen-bond acceptors (Lipinski definition) is 4. The molecule has 0 aromatic carbocycles. The van der Waals surface area contributed by atoms with Crippen molar-refractivity contribution in [1.29, 1.82) is 0 Å². The van der Waals surface area contributed by atoms with Crippen LogP contribution in [-0.4, -0.2) is 32.5 Å². The van der Waals surface area contributed by atoms with Crippen molar-refractivity contribution in [2.45, 2.75) is 6.18 Å². The van der Waals surface area contributed by atoms with Gasteiger partial charge in [0.25, 0.3) is 12.7 Å². The van der Waals surface area contributed by atoms with Gasteiger partial charge in [-0.25, -0.2) is 0 Å². The molecule has 0 unspecified atom stereocenters. The molecule has 0 aliphatic heterocycles. The maximum atomic E-state index is 10.5. The fourth-order valence-corrected chi connectivity index (χ4v) is 0.373. The van der Waals surface area contributed by atoms with E-state index in [1.165, 1.54) is 0 Å². The highest BCUT2D eigenvalue weighted by Crippen LogP contribution is 2.11. The van der Waals surface area contributed by atoms with Crippen LogP contribution in [0.15, 0.2) is 25.3 Å². The molecule has 0 aliphatic rings. The standard InChI is InChI=1S/C2HF3O2.2C2H3N3.BrH/c3-2(4,5)1(6)7;2*1-3-2-5-4-1;/h(H,6,7);2*1-2H,(H,3,4,5);1H. The van der Waals surface area contributed by atoms with Gasteiger partial charge in [-0.1, -0.05) is 0 Å². The molecule has 12 heteroatoms. The normalized spacial score (nSPS) is 8.83. The third kappa shape index (κ3) is 12.1. The monoisotopic (exact) mass is 332 g/mol. The molecule has 0 saturated carbocycles. The summed E-state index contributed by atoms with van der Waals surface area (Å²) in [5.74, 6) is -3.01. The van der Waals surface area contributed by atoms with Crippen molar-refractivity contribution in [3.63, 3.8) is 0 Å². The zero-order valence-electron chi connectivity index (χ0n) is 8.53. The van der Waals surface area contributed by atoms with E-state index in [9.17, 15) is 13.2 Å². The molecule has 0 fully saturated rings. The number of halogens is 4. The third-order valence-electron chi connectivity index (χ3n) is 0.954. The number of nitrogens with one attached hydrogen (secondary N) is 4. The van der Waals surface area contributed by atoms with E-state index in [4.69, 9.17) is 9.90 Å². The predicted octanol–water partition coefficient (Wildman–Crippen LogP) is -5.25. The first-order valence-electron chi connectivity index (χ1n) is 3.92. The van der Waals surface area contributed by atoms with Crippen LogP contribution in [0.25, 0.3) is 0 Å². The Bertz CT molecular complexity index is 318. The zero-order chi connectivity index (χ0) is 13.1. The summed E-state index contributed by atoms with van der Waals surface area (Å²) in [6, 6.07) is 0.